The van der Waals surface area contributed by atoms with Crippen molar-refractivity contribution in [3.05, 3.63) is 59.3 Å². The normalized spacial score (nSPS) is 18.3. The molecular weight excluding hydrogens is 425 g/mol. The zero-order chi connectivity index (χ0) is 22.9. The maximum Gasteiger partial charge on any atom is 0.417 e. The van der Waals surface area contributed by atoms with Crippen LogP contribution in [0.2, 0.25) is 0 Å². The number of anilines is 1. The maximum atomic E-state index is 12.7. The van der Waals surface area contributed by atoms with E-state index in [1.54, 1.807) is 24.3 Å². The number of carbonyl (C=O) groups is 3. The number of imide groups is 1. The van der Waals surface area contributed by atoms with E-state index in [1.807, 2.05) is 4.90 Å². The van der Waals surface area contributed by atoms with Gasteiger partial charge in [0.2, 0.25) is 5.91 Å². The molecule has 2 aromatic rings. The number of hydrogen-bond acceptors (Lipinski definition) is 5. The van der Waals surface area contributed by atoms with E-state index in [9.17, 15) is 27.6 Å². The molecule has 1 saturated heterocycles. The summed E-state index contributed by atoms with van der Waals surface area (Å²) in [5.41, 5.74) is -0.0434. The Bertz CT molecular complexity index is 1000. The summed E-state index contributed by atoms with van der Waals surface area (Å²) in [7, 11) is 0. The summed E-state index contributed by atoms with van der Waals surface area (Å²) in [5.74, 6) is -0.461. The summed E-state index contributed by atoms with van der Waals surface area (Å²) in [5, 5.41) is 2.90. The van der Waals surface area contributed by atoms with Gasteiger partial charge in [-0.25, -0.2) is 4.98 Å². The molecule has 10 heteroatoms. The highest BCUT2D eigenvalue weighted by Crippen LogP contribution is 2.30. The molecule has 1 aromatic heterocycles. The van der Waals surface area contributed by atoms with Gasteiger partial charge in [0, 0.05) is 38.3 Å². The first-order chi connectivity index (χ1) is 15.2. The number of carbonyl (C=O) groups excluding carboxylic acids is 3. The Morgan fingerprint density at radius 2 is 1.78 bits per heavy atom. The van der Waals surface area contributed by atoms with E-state index in [0.717, 1.165) is 17.2 Å². The number of amides is 3. The molecule has 0 bridgehead atoms. The van der Waals surface area contributed by atoms with E-state index in [1.165, 1.54) is 6.07 Å². The van der Waals surface area contributed by atoms with Crippen molar-refractivity contribution in [1.29, 1.82) is 0 Å². The minimum absolute atomic E-state index is 0.147. The number of rotatable bonds is 6. The van der Waals surface area contributed by atoms with E-state index in [0.29, 0.717) is 42.9 Å². The van der Waals surface area contributed by atoms with Gasteiger partial charge in [0.1, 0.15) is 5.82 Å². The molecule has 7 nitrogen and oxygen atoms in total. The second kappa shape index (κ2) is 8.60. The molecule has 168 valence electrons. The van der Waals surface area contributed by atoms with Crippen molar-refractivity contribution in [3.63, 3.8) is 0 Å². The highest BCUT2D eigenvalue weighted by Gasteiger charge is 2.35. The molecular formula is C22H21F3N4O3. The SMILES string of the molecule is O=C(CCCN1C(=O)c2ccccc2C1=O)NC1CCN(c2ccc(C(F)(F)F)cn2)C1. The summed E-state index contributed by atoms with van der Waals surface area (Å²) in [6.07, 6.45) is -2.48. The van der Waals surface area contributed by atoms with E-state index >= 15 is 0 Å². The Morgan fingerprint density at radius 3 is 2.38 bits per heavy atom. The number of halogens is 3. The lowest BCUT2D eigenvalue weighted by Crippen LogP contribution is -2.38. The number of aromatic nitrogens is 1. The fraction of sp³-hybridized carbons (Fsp3) is 0.364. The van der Waals surface area contributed by atoms with Gasteiger partial charge in [-0.15, -0.1) is 0 Å². The lowest BCUT2D eigenvalue weighted by molar-refractivity contribution is -0.137. The highest BCUT2D eigenvalue weighted by atomic mass is 19.4. The zero-order valence-electron chi connectivity index (χ0n) is 17.1. The number of benzene rings is 1. The van der Waals surface area contributed by atoms with Crippen molar-refractivity contribution < 1.29 is 27.6 Å². The van der Waals surface area contributed by atoms with Crippen LogP contribution in [0.4, 0.5) is 19.0 Å². The van der Waals surface area contributed by atoms with Gasteiger partial charge in [0.25, 0.3) is 11.8 Å². The Kier molecular flexibility index (Phi) is 5.86. The van der Waals surface area contributed by atoms with Gasteiger partial charge >= 0.3 is 6.18 Å². The topological polar surface area (TPSA) is 82.6 Å². The summed E-state index contributed by atoms with van der Waals surface area (Å²) >= 11 is 0. The number of fused-ring (bicyclic) bond motifs is 1. The van der Waals surface area contributed by atoms with Gasteiger partial charge in [0.15, 0.2) is 0 Å². The Balaban J connectivity index is 1.23. The average molecular weight is 446 g/mol. The number of nitrogens with one attached hydrogen (secondary N) is 1. The van der Waals surface area contributed by atoms with E-state index < -0.39 is 11.7 Å². The van der Waals surface area contributed by atoms with Gasteiger partial charge in [-0.3, -0.25) is 19.3 Å². The van der Waals surface area contributed by atoms with Crippen LogP contribution in [0.15, 0.2) is 42.6 Å². The van der Waals surface area contributed by atoms with Crippen molar-refractivity contribution in [2.24, 2.45) is 0 Å². The predicted molar refractivity (Wildman–Crippen MR) is 109 cm³/mol. The maximum absolute atomic E-state index is 12.7. The molecule has 3 amide bonds. The van der Waals surface area contributed by atoms with Crippen LogP contribution < -0.4 is 10.2 Å². The van der Waals surface area contributed by atoms with Crippen molar-refractivity contribution in [3.8, 4) is 0 Å². The van der Waals surface area contributed by atoms with E-state index in [-0.39, 0.29) is 36.7 Å². The molecule has 4 rings (SSSR count). The van der Waals surface area contributed by atoms with Crippen LogP contribution >= 0.6 is 0 Å². The second-order valence-electron chi connectivity index (χ2n) is 7.81. The van der Waals surface area contributed by atoms with Gasteiger partial charge < -0.3 is 10.2 Å². The second-order valence-corrected chi connectivity index (χ2v) is 7.81. The molecule has 0 radical (unpaired) electrons. The first-order valence-corrected chi connectivity index (χ1v) is 10.3. The molecule has 0 spiro atoms. The first-order valence-electron chi connectivity index (χ1n) is 10.3. The highest BCUT2D eigenvalue weighted by molar-refractivity contribution is 6.21. The third-order valence-corrected chi connectivity index (χ3v) is 5.62. The summed E-state index contributed by atoms with van der Waals surface area (Å²) in [6, 6.07) is 8.80. The third kappa shape index (κ3) is 4.44. The minimum atomic E-state index is -4.43. The van der Waals surface area contributed by atoms with Crippen molar-refractivity contribution in [2.45, 2.75) is 31.5 Å². The molecule has 32 heavy (non-hydrogen) atoms. The molecule has 1 aromatic carbocycles. The van der Waals surface area contributed by atoms with Crippen LogP contribution in [0.5, 0.6) is 0 Å². The quantitative estimate of drug-likeness (QED) is 0.690. The van der Waals surface area contributed by atoms with Crippen LogP contribution in [0.25, 0.3) is 0 Å². The third-order valence-electron chi connectivity index (χ3n) is 5.62. The molecule has 0 aliphatic carbocycles. The molecule has 1 unspecified atom stereocenters. The van der Waals surface area contributed by atoms with Gasteiger partial charge in [-0.2, -0.15) is 13.2 Å². The van der Waals surface area contributed by atoms with E-state index in [4.69, 9.17) is 0 Å². The molecule has 1 atom stereocenters. The van der Waals surface area contributed by atoms with Crippen LogP contribution in [-0.2, 0) is 11.0 Å². The zero-order valence-corrected chi connectivity index (χ0v) is 17.1. The molecule has 1 N–H and O–H groups in total. The molecule has 3 heterocycles. The molecule has 1 fully saturated rings. The first kappa shape index (κ1) is 21.8. The van der Waals surface area contributed by atoms with E-state index in [2.05, 4.69) is 10.3 Å². The fourth-order valence-electron chi connectivity index (χ4n) is 3.97. The minimum Gasteiger partial charge on any atom is -0.354 e. The van der Waals surface area contributed by atoms with Gasteiger partial charge in [-0.1, -0.05) is 12.1 Å². The standard InChI is InChI=1S/C22H21F3N4O3/c23-22(24,25)14-7-8-18(26-12-14)28-11-9-15(13-28)27-19(30)6-3-10-29-20(31)16-4-1-2-5-17(16)21(29)32/h1-2,4-5,7-8,12,15H,3,6,9-11,13H2,(H,27,30). The van der Waals surface area contributed by atoms with Gasteiger partial charge in [-0.05, 0) is 37.1 Å². The van der Waals surface area contributed by atoms with Crippen LogP contribution in [0.1, 0.15) is 45.5 Å². The number of alkyl halides is 3. The monoisotopic (exact) mass is 446 g/mol. The molecule has 0 saturated carbocycles. The summed E-state index contributed by atoms with van der Waals surface area (Å²) in [6.45, 7) is 1.17. The van der Waals surface area contributed by atoms with Crippen LogP contribution in [-0.4, -0.2) is 53.3 Å². The van der Waals surface area contributed by atoms with Crippen molar-refractivity contribution in [1.82, 2.24) is 15.2 Å². The Labute approximate surface area is 182 Å². The predicted octanol–water partition coefficient (Wildman–Crippen LogP) is 2.87. The Hall–Kier alpha value is -3.43. The smallest absolute Gasteiger partial charge is 0.354 e. The Morgan fingerprint density at radius 1 is 1.09 bits per heavy atom. The largest absolute Gasteiger partial charge is 0.417 e. The summed E-state index contributed by atoms with van der Waals surface area (Å²) < 4.78 is 38.0. The molecule has 2 aliphatic heterocycles. The summed E-state index contributed by atoms with van der Waals surface area (Å²) in [4.78, 5) is 43.8. The number of pyridine rings is 1. The number of hydrogen-bond donors (Lipinski definition) is 1. The van der Waals surface area contributed by atoms with Crippen LogP contribution in [0, 0.1) is 0 Å². The average Bonchev–Trinajstić information content (AvgIpc) is 3.32. The van der Waals surface area contributed by atoms with Crippen molar-refractivity contribution in [2.75, 3.05) is 24.5 Å². The van der Waals surface area contributed by atoms with Crippen molar-refractivity contribution >= 4 is 23.5 Å². The fourth-order valence-corrected chi connectivity index (χ4v) is 3.97. The number of nitrogens with zero attached hydrogens (tertiary/aromatic N) is 3. The van der Waals surface area contributed by atoms with Gasteiger partial charge in [0.05, 0.1) is 16.7 Å². The van der Waals surface area contributed by atoms with Crippen LogP contribution in [0.3, 0.4) is 0 Å². The lowest BCUT2D eigenvalue weighted by Gasteiger charge is -2.19. The molecule has 2 aliphatic rings. The lowest BCUT2D eigenvalue weighted by atomic mass is 10.1.